The zero-order valence-electron chi connectivity index (χ0n) is 15.9. The first-order chi connectivity index (χ1) is 14.3. The maximum Gasteiger partial charge on any atom is 0.220 e. The van der Waals surface area contributed by atoms with Gasteiger partial charge in [0.15, 0.2) is 11.1 Å². The summed E-state index contributed by atoms with van der Waals surface area (Å²) >= 11 is 5.91. The molecule has 4 rings (SSSR count). The quantitative estimate of drug-likeness (QED) is 0.663. The number of fused-ring (bicyclic) bond motifs is 1. The first kappa shape index (κ1) is 20.6. The minimum Gasteiger partial charge on any atom is -0.370 e. The monoisotopic (exact) mass is 448 g/mol. The second kappa shape index (κ2) is 7.85. The van der Waals surface area contributed by atoms with E-state index in [1.807, 2.05) is 4.90 Å². The highest BCUT2D eigenvalue weighted by Crippen LogP contribution is 2.37. The molecule has 1 saturated heterocycles. The van der Waals surface area contributed by atoms with E-state index in [0.717, 1.165) is 0 Å². The zero-order valence-corrected chi connectivity index (χ0v) is 17.5. The molecule has 0 bridgehead atoms. The topological polar surface area (TPSA) is 94.6 Å². The Balaban J connectivity index is 1.89. The summed E-state index contributed by atoms with van der Waals surface area (Å²) in [6.45, 7) is 0.874. The molecule has 0 atom stereocenters. The number of rotatable bonds is 4. The van der Waals surface area contributed by atoms with E-state index in [9.17, 15) is 17.6 Å². The summed E-state index contributed by atoms with van der Waals surface area (Å²) in [6, 6.07) is 10.1. The van der Waals surface area contributed by atoms with Gasteiger partial charge in [-0.25, -0.2) is 17.8 Å². The Morgan fingerprint density at radius 2 is 1.80 bits per heavy atom. The Kier molecular flexibility index (Phi) is 5.38. The van der Waals surface area contributed by atoms with Crippen LogP contribution in [0.5, 0.6) is 0 Å². The molecule has 1 fully saturated rings. The number of anilines is 1. The van der Waals surface area contributed by atoms with Gasteiger partial charge in [0, 0.05) is 30.1 Å². The Bertz CT molecular complexity index is 1220. The molecular weight excluding hydrogens is 429 g/mol. The molecule has 0 saturated carbocycles. The van der Waals surface area contributed by atoms with Crippen LogP contribution in [0.1, 0.15) is 12.8 Å². The number of pyridine rings is 1. The van der Waals surface area contributed by atoms with Crippen molar-refractivity contribution in [1.29, 1.82) is 0 Å². The fourth-order valence-corrected chi connectivity index (χ4v) is 5.42. The first-order valence-electron chi connectivity index (χ1n) is 9.46. The number of hydrogen-bond donors (Lipinski definition) is 1. The molecule has 156 valence electrons. The molecule has 0 aliphatic carbocycles. The largest absolute Gasteiger partial charge is 0.370 e. The molecule has 1 aliphatic heterocycles. The molecule has 2 heterocycles. The maximum atomic E-state index is 14.1. The lowest BCUT2D eigenvalue weighted by Crippen LogP contribution is -2.39. The summed E-state index contributed by atoms with van der Waals surface area (Å²) in [5.74, 6) is -1.08. The second-order valence-corrected chi connectivity index (χ2v) is 9.67. The predicted octanol–water partition coefficient (Wildman–Crippen LogP) is 2.98. The van der Waals surface area contributed by atoms with Crippen LogP contribution >= 0.6 is 11.6 Å². The van der Waals surface area contributed by atoms with E-state index in [0.29, 0.717) is 47.5 Å². The van der Waals surface area contributed by atoms with Gasteiger partial charge in [-0.3, -0.25) is 4.79 Å². The molecule has 1 amide bonds. The number of amides is 1. The number of primary amides is 1. The van der Waals surface area contributed by atoms with Crippen molar-refractivity contribution in [3.8, 4) is 0 Å². The van der Waals surface area contributed by atoms with Gasteiger partial charge in [-0.1, -0.05) is 11.6 Å². The Hall–Kier alpha value is -2.71. The van der Waals surface area contributed by atoms with Gasteiger partial charge in [0.25, 0.3) is 0 Å². The van der Waals surface area contributed by atoms with Crippen molar-refractivity contribution in [2.45, 2.75) is 22.6 Å². The predicted molar refractivity (Wildman–Crippen MR) is 111 cm³/mol. The molecule has 1 aliphatic rings. The van der Waals surface area contributed by atoms with Crippen molar-refractivity contribution in [3.63, 3.8) is 0 Å². The molecule has 3 aromatic rings. The molecule has 0 spiro atoms. The van der Waals surface area contributed by atoms with Crippen molar-refractivity contribution in [3.05, 3.63) is 59.5 Å². The number of halogens is 2. The molecular formula is C21H20ClFN3O3S+. The number of nitrogens with zero attached hydrogens (tertiary/aromatic N) is 1. The van der Waals surface area contributed by atoms with Gasteiger partial charge in [0.2, 0.25) is 21.3 Å². The summed E-state index contributed by atoms with van der Waals surface area (Å²) < 4.78 is 41.0. The number of hydrogen-bond acceptors (Lipinski definition) is 4. The number of piperidine rings is 1. The normalized spacial score (nSPS) is 15.5. The van der Waals surface area contributed by atoms with Crippen LogP contribution in [0.2, 0.25) is 5.02 Å². The van der Waals surface area contributed by atoms with Crippen molar-refractivity contribution in [2.24, 2.45) is 11.7 Å². The highest BCUT2D eigenvalue weighted by molar-refractivity contribution is 7.91. The van der Waals surface area contributed by atoms with E-state index in [-0.39, 0.29) is 21.6 Å². The van der Waals surface area contributed by atoms with E-state index in [1.165, 1.54) is 42.6 Å². The van der Waals surface area contributed by atoms with Crippen LogP contribution in [0.15, 0.2) is 58.5 Å². The number of aromatic nitrogens is 1. The molecule has 3 N–H and O–H groups in total. The smallest absolute Gasteiger partial charge is 0.220 e. The first-order valence-corrected chi connectivity index (χ1v) is 11.3. The lowest BCUT2D eigenvalue weighted by Gasteiger charge is -2.33. The number of sulfone groups is 1. The molecule has 1 aromatic heterocycles. The Morgan fingerprint density at radius 1 is 1.13 bits per heavy atom. The molecule has 0 radical (unpaired) electrons. The second-order valence-electron chi connectivity index (χ2n) is 7.31. The van der Waals surface area contributed by atoms with Crippen LogP contribution in [0.4, 0.5) is 10.1 Å². The zero-order chi connectivity index (χ0) is 21.5. The minimum atomic E-state index is -3.92. The molecule has 9 heteroatoms. The maximum absolute atomic E-state index is 14.1. The Labute approximate surface area is 178 Å². The number of H-pyrrole nitrogens is 1. The highest BCUT2D eigenvalue weighted by Gasteiger charge is 2.32. The van der Waals surface area contributed by atoms with Crippen LogP contribution in [-0.2, 0) is 14.6 Å². The van der Waals surface area contributed by atoms with Crippen LogP contribution in [0.25, 0.3) is 10.9 Å². The van der Waals surface area contributed by atoms with E-state index >= 15 is 0 Å². The summed E-state index contributed by atoms with van der Waals surface area (Å²) in [4.78, 5) is 16.5. The lowest BCUT2D eigenvalue weighted by molar-refractivity contribution is -0.347. The lowest BCUT2D eigenvalue weighted by atomic mass is 9.95. The molecule has 0 unspecified atom stereocenters. The number of aromatic amines is 1. The third-order valence-electron chi connectivity index (χ3n) is 5.46. The van der Waals surface area contributed by atoms with Gasteiger partial charge >= 0.3 is 0 Å². The summed E-state index contributed by atoms with van der Waals surface area (Å²) in [5, 5.41) is 0.886. The third kappa shape index (κ3) is 3.73. The number of nitrogens with two attached hydrogens (primary N) is 1. The van der Waals surface area contributed by atoms with Crippen molar-refractivity contribution in [2.75, 3.05) is 18.0 Å². The SMILES string of the molecule is NC(=O)C1CCN(c2c(S(=O)(=O)c3ccc(Cl)cc3)c[nH+]c3ccc(F)cc23)CC1. The summed E-state index contributed by atoms with van der Waals surface area (Å²) in [5.41, 5.74) is 6.46. The summed E-state index contributed by atoms with van der Waals surface area (Å²) in [6.07, 6.45) is 2.44. The average molecular weight is 449 g/mol. The number of benzene rings is 2. The number of nitrogens with one attached hydrogen (secondary N) is 1. The van der Waals surface area contributed by atoms with Gasteiger partial charge in [-0.15, -0.1) is 0 Å². The number of carbonyl (C=O) groups is 1. The molecule has 6 nitrogen and oxygen atoms in total. The fraction of sp³-hybridized carbons (Fsp3) is 0.238. The van der Waals surface area contributed by atoms with Crippen molar-refractivity contribution < 1.29 is 22.6 Å². The Morgan fingerprint density at radius 3 is 2.43 bits per heavy atom. The van der Waals surface area contributed by atoms with Crippen LogP contribution in [0, 0.1) is 11.7 Å². The van der Waals surface area contributed by atoms with E-state index in [4.69, 9.17) is 17.3 Å². The number of carbonyl (C=O) groups excluding carboxylic acids is 1. The van der Waals surface area contributed by atoms with E-state index < -0.39 is 15.7 Å². The van der Waals surface area contributed by atoms with Gasteiger partial charge in [-0.2, -0.15) is 0 Å². The van der Waals surface area contributed by atoms with Crippen molar-refractivity contribution >= 4 is 43.9 Å². The fourth-order valence-electron chi connectivity index (χ4n) is 3.84. The van der Waals surface area contributed by atoms with Gasteiger partial charge in [0.1, 0.15) is 5.82 Å². The van der Waals surface area contributed by atoms with Crippen LogP contribution < -0.4 is 15.6 Å². The van der Waals surface area contributed by atoms with Gasteiger partial charge in [-0.05, 0) is 49.2 Å². The highest BCUT2D eigenvalue weighted by atomic mass is 35.5. The van der Waals surface area contributed by atoms with Crippen LogP contribution in [-0.4, -0.2) is 27.4 Å². The molecule has 2 aromatic carbocycles. The standard InChI is InChI=1S/C21H19ClFN3O3S/c22-14-1-4-16(5-2-14)30(28,29)19-12-25-18-6-3-15(23)11-17(18)20(19)26-9-7-13(8-10-26)21(24)27/h1-6,11-13H,7-10H2,(H2,24,27)/p+1. The van der Waals surface area contributed by atoms with Crippen LogP contribution in [0.3, 0.4) is 0 Å². The van der Waals surface area contributed by atoms with E-state index in [2.05, 4.69) is 4.98 Å². The van der Waals surface area contributed by atoms with Gasteiger partial charge in [0.05, 0.1) is 16.0 Å². The van der Waals surface area contributed by atoms with Gasteiger partial charge < -0.3 is 10.6 Å². The average Bonchev–Trinajstić information content (AvgIpc) is 2.73. The van der Waals surface area contributed by atoms with Crippen molar-refractivity contribution in [1.82, 2.24) is 0 Å². The molecule has 30 heavy (non-hydrogen) atoms. The minimum absolute atomic E-state index is 0.0421. The summed E-state index contributed by atoms with van der Waals surface area (Å²) in [7, 11) is -3.92. The van der Waals surface area contributed by atoms with E-state index in [1.54, 1.807) is 6.07 Å². The third-order valence-corrected chi connectivity index (χ3v) is 7.49.